The first-order valence-corrected chi connectivity index (χ1v) is 12.8. The average molecular weight is 438 g/mol. The largest absolute Gasteiger partial charge is 0.507 e. The van der Waals surface area contributed by atoms with Gasteiger partial charge >= 0.3 is 0 Å². The van der Waals surface area contributed by atoms with Crippen molar-refractivity contribution in [2.24, 2.45) is 0 Å². The first-order chi connectivity index (χ1) is 15.7. The van der Waals surface area contributed by atoms with Crippen LogP contribution in [0.15, 0.2) is 42.6 Å². The average Bonchev–Trinajstić information content (AvgIpc) is 2.82. The van der Waals surface area contributed by atoms with Crippen molar-refractivity contribution in [3.63, 3.8) is 0 Å². The predicted molar refractivity (Wildman–Crippen MR) is 137 cm³/mol. The summed E-state index contributed by atoms with van der Waals surface area (Å²) in [6, 6.07) is 12.1. The number of ether oxygens (including phenoxy) is 1. The number of rotatable bonds is 17. The van der Waals surface area contributed by atoms with Gasteiger partial charge in [0, 0.05) is 11.6 Å². The number of pyridine rings is 1. The molecule has 2 aromatic rings. The zero-order valence-electron chi connectivity index (χ0n) is 20.3. The van der Waals surface area contributed by atoms with Gasteiger partial charge < -0.3 is 9.84 Å². The lowest BCUT2D eigenvalue weighted by molar-refractivity contribution is 0.303. The summed E-state index contributed by atoms with van der Waals surface area (Å²) in [5.74, 6) is 1.03. The first kappa shape index (κ1) is 26.0. The lowest BCUT2D eigenvalue weighted by Gasteiger charge is -2.07. The van der Waals surface area contributed by atoms with Crippen LogP contribution in [0.25, 0.3) is 11.8 Å². The zero-order chi connectivity index (χ0) is 22.9. The third-order valence-electron chi connectivity index (χ3n) is 5.88. The van der Waals surface area contributed by atoms with Crippen LogP contribution in [0.4, 0.5) is 0 Å². The van der Waals surface area contributed by atoms with Gasteiger partial charge in [-0.2, -0.15) is 0 Å². The van der Waals surface area contributed by atoms with Crippen molar-refractivity contribution in [3.8, 4) is 5.75 Å². The second kappa shape index (κ2) is 16.4. The molecule has 0 atom stereocenters. The van der Waals surface area contributed by atoms with Gasteiger partial charge in [-0.1, -0.05) is 102 Å². The van der Waals surface area contributed by atoms with Crippen LogP contribution >= 0.6 is 0 Å². The van der Waals surface area contributed by atoms with Crippen molar-refractivity contribution in [1.29, 1.82) is 0 Å². The number of aryl methyl sites for hydroxylation is 1. The van der Waals surface area contributed by atoms with Gasteiger partial charge in [-0.3, -0.25) is 4.98 Å². The van der Waals surface area contributed by atoms with Crippen LogP contribution < -0.4 is 4.74 Å². The first-order valence-electron chi connectivity index (χ1n) is 12.8. The van der Waals surface area contributed by atoms with E-state index in [9.17, 15) is 5.11 Å². The Kier molecular flexibility index (Phi) is 13.3. The summed E-state index contributed by atoms with van der Waals surface area (Å²) in [5, 5.41) is 10.5. The van der Waals surface area contributed by atoms with Crippen molar-refractivity contribution >= 4 is 11.8 Å². The summed E-state index contributed by atoms with van der Waals surface area (Å²) in [7, 11) is 0. The van der Waals surface area contributed by atoms with Crippen LogP contribution in [-0.4, -0.2) is 16.7 Å². The maximum atomic E-state index is 10.5. The Morgan fingerprint density at radius 2 is 1.41 bits per heavy atom. The summed E-state index contributed by atoms with van der Waals surface area (Å²) in [6.07, 6.45) is 20.0. The summed E-state index contributed by atoms with van der Waals surface area (Å²) in [6.45, 7) is 5.23. The van der Waals surface area contributed by atoms with Gasteiger partial charge in [0.05, 0.1) is 18.5 Å². The van der Waals surface area contributed by atoms with E-state index < -0.39 is 0 Å². The number of aliphatic hydroxyl groups excluding tert-OH is 1. The SMILES string of the molecule is CCCCCCCCOc1ccc(/C=C(/O)c2ccc(CCCCCCCC)cc2)nc1. The predicted octanol–water partition coefficient (Wildman–Crippen LogP) is 8.78. The number of benzene rings is 1. The topological polar surface area (TPSA) is 42.4 Å². The van der Waals surface area contributed by atoms with Gasteiger partial charge in [0.25, 0.3) is 0 Å². The number of aliphatic hydroxyl groups is 1. The van der Waals surface area contributed by atoms with E-state index >= 15 is 0 Å². The molecule has 0 aliphatic rings. The molecule has 0 fully saturated rings. The molecule has 0 amide bonds. The Bertz CT molecular complexity index is 750. The molecule has 32 heavy (non-hydrogen) atoms. The Labute approximate surface area is 195 Å². The van der Waals surface area contributed by atoms with Crippen LogP contribution in [0.1, 0.15) is 108 Å². The monoisotopic (exact) mass is 437 g/mol. The molecule has 0 aliphatic carbocycles. The molecule has 0 saturated heterocycles. The Balaban J connectivity index is 1.73. The molecule has 1 aromatic carbocycles. The van der Waals surface area contributed by atoms with Crippen LogP contribution in [0.5, 0.6) is 5.75 Å². The highest BCUT2D eigenvalue weighted by Crippen LogP contribution is 2.18. The number of nitrogens with zero attached hydrogens (tertiary/aromatic N) is 1. The van der Waals surface area contributed by atoms with E-state index in [0.717, 1.165) is 36.5 Å². The van der Waals surface area contributed by atoms with Crippen molar-refractivity contribution in [1.82, 2.24) is 4.98 Å². The second-order valence-corrected chi connectivity index (χ2v) is 8.78. The van der Waals surface area contributed by atoms with Gasteiger partial charge in [-0.15, -0.1) is 0 Å². The van der Waals surface area contributed by atoms with E-state index in [1.165, 1.54) is 76.2 Å². The highest BCUT2D eigenvalue weighted by Gasteiger charge is 2.02. The molecule has 0 bridgehead atoms. The third-order valence-corrected chi connectivity index (χ3v) is 5.88. The molecule has 0 unspecified atom stereocenters. The van der Waals surface area contributed by atoms with E-state index in [0.29, 0.717) is 0 Å². The van der Waals surface area contributed by atoms with E-state index in [-0.39, 0.29) is 5.76 Å². The molecule has 3 nitrogen and oxygen atoms in total. The molecular formula is C29H43NO2. The Hall–Kier alpha value is -2.29. The molecule has 0 radical (unpaired) electrons. The molecule has 0 aliphatic heterocycles. The van der Waals surface area contributed by atoms with Crippen molar-refractivity contribution in [2.75, 3.05) is 6.61 Å². The van der Waals surface area contributed by atoms with Crippen molar-refractivity contribution < 1.29 is 9.84 Å². The van der Waals surface area contributed by atoms with Gasteiger partial charge in [0.1, 0.15) is 11.5 Å². The van der Waals surface area contributed by atoms with Crippen LogP contribution in [0.2, 0.25) is 0 Å². The number of hydrogen-bond acceptors (Lipinski definition) is 3. The van der Waals surface area contributed by atoms with Crippen molar-refractivity contribution in [2.45, 2.75) is 97.3 Å². The summed E-state index contributed by atoms with van der Waals surface area (Å²) < 4.78 is 5.78. The van der Waals surface area contributed by atoms with Crippen LogP contribution in [-0.2, 0) is 6.42 Å². The highest BCUT2D eigenvalue weighted by atomic mass is 16.5. The minimum absolute atomic E-state index is 0.240. The lowest BCUT2D eigenvalue weighted by atomic mass is 10.0. The zero-order valence-corrected chi connectivity index (χ0v) is 20.3. The molecule has 0 spiro atoms. The number of aromatic nitrogens is 1. The summed E-state index contributed by atoms with van der Waals surface area (Å²) in [5.41, 5.74) is 2.88. The molecule has 3 heteroatoms. The quantitative estimate of drug-likeness (QED) is 0.199. The lowest BCUT2D eigenvalue weighted by Crippen LogP contribution is -1.98. The van der Waals surface area contributed by atoms with E-state index in [4.69, 9.17) is 4.74 Å². The number of hydrogen-bond donors (Lipinski definition) is 1. The fourth-order valence-corrected chi connectivity index (χ4v) is 3.81. The summed E-state index contributed by atoms with van der Waals surface area (Å²) >= 11 is 0. The standard InChI is InChI=1S/C29H43NO2/c1-3-5-7-9-11-13-15-25-16-18-26(19-17-25)29(31)23-27-20-21-28(24-30-27)32-22-14-12-10-8-6-4-2/h16-21,23-24,31H,3-15,22H2,1-2H3/b29-23+. The normalized spacial score (nSPS) is 11.6. The van der Waals surface area contributed by atoms with Gasteiger partial charge in [0.2, 0.25) is 0 Å². The second-order valence-electron chi connectivity index (χ2n) is 8.78. The fourth-order valence-electron chi connectivity index (χ4n) is 3.81. The molecule has 1 heterocycles. The molecule has 1 N–H and O–H groups in total. The minimum Gasteiger partial charge on any atom is -0.507 e. The van der Waals surface area contributed by atoms with Crippen LogP contribution in [0, 0.1) is 0 Å². The van der Waals surface area contributed by atoms with E-state index in [1.54, 1.807) is 12.3 Å². The van der Waals surface area contributed by atoms with Gasteiger partial charge in [0.15, 0.2) is 0 Å². The van der Waals surface area contributed by atoms with Crippen LogP contribution in [0.3, 0.4) is 0 Å². The Morgan fingerprint density at radius 3 is 2.03 bits per heavy atom. The highest BCUT2D eigenvalue weighted by molar-refractivity contribution is 5.75. The maximum Gasteiger partial charge on any atom is 0.137 e. The van der Waals surface area contributed by atoms with E-state index in [1.807, 2.05) is 24.3 Å². The molecule has 2 rings (SSSR count). The fraction of sp³-hybridized carbons (Fsp3) is 0.552. The van der Waals surface area contributed by atoms with Gasteiger partial charge in [-0.05, 0) is 37.0 Å². The third kappa shape index (κ3) is 10.8. The molecule has 176 valence electrons. The molecule has 0 saturated carbocycles. The molecular weight excluding hydrogens is 394 g/mol. The molecule has 1 aromatic heterocycles. The summed E-state index contributed by atoms with van der Waals surface area (Å²) in [4.78, 5) is 4.41. The van der Waals surface area contributed by atoms with E-state index in [2.05, 4.69) is 31.0 Å². The smallest absolute Gasteiger partial charge is 0.137 e. The number of unbranched alkanes of at least 4 members (excludes halogenated alkanes) is 10. The minimum atomic E-state index is 0.240. The Morgan fingerprint density at radius 1 is 0.781 bits per heavy atom. The van der Waals surface area contributed by atoms with Crippen molar-refractivity contribution in [3.05, 3.63) is 59.4 Å². The maximum absolute atomic E-state index is 10.5. The van der Waals surface area contributed by atoms with Gasteiger partial charge in [-0.25, -0.2) is 0 Å².